The highest BCUT2D eigenvalue weighted by Gasteiger charge is 2.23. The number of benzene rings is 1. The lowest BCUT2D eigenvalue weighted by Crippen LogP contribution is -2.14. The zero-order valence-electron chi connectivity index (χ0n) is 8.73. The summed E-state index contributed by atoms with van der Waals surface area (Å²) in [6.07, 6.45) is -1.63. The van der Waals surface area contributed by atoms with Gasteiger partial charge in [-0.1, -0.05) is 0 Å². The van der Waals surface area contributed by atoms with Crippen LogP contribution in [-0.4, -0.2) is 30.4 Å². The van der Waals surface area contributed by atoms with Crippen LogP contribution in [0.15, 0.2) is 12.1 Å². The second kappa shape index (κ2) is 4.80. The van der Waals surface area contributed by atoms with E-state index in [0.29, 0.717) is 0 Å². The van der Waals surface area contributed by atoms with Crippen LogP contribution < -0.4 is 4.74 Å². The third kappa shape index (κ3) is 2.22. The number of methoxy groups -OCH3 is 2. The molecule has 0 aromatic heterocycles. The second-order valence-electron chi connectivity index (χ2n) is 2.97. The number of phenols is 1. The summed E-state index contributed by atoms with van der Waals surface area (Å²) >= 11 is 0. The Labute approximate surface area is 91.0 Å². The molecular formula is C10H11FO5. The monoisotopic (exact) mass is 230 g/mol. The summed E-state index contributed by atoms with van der Waals surface area (Å²) in [5, 5.41) is 18.7. The summed E-state index contributed by atoms with van der Waals surface area (Å²) in [6.45, 7) is 0. The molecule has 0 heterocycles. The molecule has 0 fully saturated rings. The normalized spacial score (nSPS) is 12.0. The van der Waals surface area contributed by atoms with Crippen molar-refractivity contribution in [1.29, 1.82) is 0 Å². The fourth-order valence-electron chi connectivity index (χ4n) is 1.19. The molecule has 2 N–H and O–H groups in total. The van der Waals surface area contributed by atoms with Gasteiger partial charge < -0.3 is 19.7 Å². The van der Waals surface area contributed by atoms with E-state index >= 15 is 0 Å². The second-order valence-corrected chi connectivity index (χ2v) is 2.97. The maximum Gasteiger partial charge on any atom is 0.339 e. The Morgan fingerprint density at radius 1 is 1.44 bits per heavy atom. The van der Waals surface area contributed by atoms with Gasteiger partial charge in [-0.25, -0.2) is 9.18 Å². The van der Waals surface area contributed by atoms with Gasteiger partial charge in [-0.2, -0.15) is 0 Å². The van der Waals surface area contributed by atoms with Gasteiger partial charge >= 0.3 is 5.97 Å². The van der Waals surface area contributed by atoms with Crippen molar-refractivity contribution in [2.75, 3.05) is 14.2 Å². The topological polar surface area (TPSA) is 76.0 Å². The molecular weight excluding hydrogens is 219 g/mol. The van der Waals surface area contributed by atoms with Gasteiger partial charge in [0.1, 0.15) is 5.75 Å². The number of carbonyl (C=O) groups is 1. The van der Waals surface area contributed by atoms with Crippen LogP contribution in [0.25, 0.3) is 0 Å². The van der Waals surface area contributed by atoms with Crippen LogP contribution in [0.3, 0.4) is 0 Å². The Morgan fingerprint density at radius 2 is 2.06 bits per heavy atom. The van der Waals surface area contributed by atoms with E-state index in [0.717, 1.165) is 19.2 Å². The van der Waals surface area contributed by atoms with E-state index in [1.807, 2.05) is 0 Å². The highest BCUT2D eigenvalue weighted by Crippen LogP contribution is 2.31. The lowest BCUT2D eigenvalue weighted by atomic mass is 10.1. The summed E-state index contributed by atoms with van der Waals surface area (Å²) in [5.41, 5.74) is -0.0618. The third-order valence-electron chi connectivity index (χ3n) is 2.02. The average molecular weight is 230 g/mol. The van der Waals surface area contributed by atoms with Gasteiger partial charge in [-0.05, 0) is 6.07 Å². The van der Waals surface area contributed by atoms with Gasteiger partial charge in [0.2, 0.25) is 0 Å². The van der Waals surface area contributed by atoms with Crippen molar-refractivity contribution in [1.82, 2.24) is 0 Å². The maximum atomic E-state index is 13.0. The number of halogens is 1. The van der Waals surface area contributed by atoms with Crippen LogP contribution in [0.2, 0.25) is 0 Å². The van der Waals surface area contributed by atoms with Crippen molar-refractivity contribution >= 4 is 5.97 Å². The van der Waals surface area contributed by atoms with Gasteiger partial charge in [0.15, 0.2) is 17.7 Å². The molecule has 1 atom stereocenters. The summed E-state index contributed by atoms with van der Waals surface area (Å²) in [4.78, 5) is 11.1. The maximum absolute atomic E-state index is 13.0. The quantitative estimate of drug-likeness (QED) is 0.749. The van der Waals surface area contributed by atoms with Crippen molar-refractivity contribution in [2.45, 2.75) is 6.10 Å². The standard InChI is InChI=1S/C10H11FO5/c1-15-8-4-6(11)7(12)3-5(8)9(13)10(14)16-2/h3-4,9,12-13H,1-2H3. The number of esters is 1. The average Bonchev–Trinajstić information content (AvgIpc) is 2.30. The summed E-state index contributed by atoms with van der Waals surface area (Å²) in [6, 6.07) is 1.78. The fourth-order valence-corrected chi connectivity index (χ4v) is 1.19. The number of hydrogen-bond acceptors (Lipinski definition) is 5. The Hall–Kier alpha value is -1.82. The number of phenolic OH excluding ortho intramolecular Hbond substituents is 1. The Balaban J connectivity index is 3.21. The van der Waals surface area contributed by atoms with E-state index in [-0.39, 0.29) is 11.3 Å². The zero-order valence-corrected chi connectivity index (χ0v) is 8.73. The van der Waals surface area contributed by atoms with Gasteiger partial charge in [-0.3, -0.25) is 0 Å². The van der Waals surface area contributed by atoms with Crippen molar-refractivity contribution in [3.63, 3.8) is 0 Å². The number of rotatable bonds is 3. The summed E-state index contributed by atoms with van der Waals surface area (Å²) in [5.74, 6) is -2.56. The molecule has 0 saturated carbocycles. The van der Waals surface area contributed by atoms with Gasteiger partial charge in [-0.15, -0.1) is 0 Å². The zero-order chi connectivity index (χ0) is 12.3. The molecule has 1 rings (SSSR count). The number of aromatic hydroxyl groups is 1. The van der Waals surface area contributed by atoms with E-state index in [2.05, 4.69) is 4.74 Å². The molecule has 6 heteroatoms. The number of aliphatic hydroxyl groups excluding tert-OH is 1. The lowest BCUT2D eigenvalue weighted by molar-refractivity contribution is -0.150. The van der Waals surface area contributed by atoms with Gasteiger partial charge in [0.05, 0.1) is 14.2 Å². The third-order valence-corrected chi connectivity index (χ3v) is 2.02. The molecule has 0 aliphatic carbocycles. The Morgan fingerprint density at radius 3 is 2.56 bits per heavy atom. The van der Waals surface area contributed by atoms with Crippen molar-refractivity contribution in [2.24, 2.45) is 0 Å². The van der Waals surface area contributed by atoms with Crippen molar-refractivity contribution in [3.8, 4) is 11.5 Å². The first-order valence-corrected chi connectivity index (χ1v) is 4.33. The molecule has 0 bridgehead atoms. The molecule has 0 aliphatic rings. The van der Waals surface area contributed by atoms with E-state index < -0.39 is 23.6 Å². The molecule has 5 nitrogen and oxygen atoms in total. The highest BCUT2D eigenvalue weighted by atomic mass is 19.1. The van der Waals surface area contributed by atoms with Crippen LogP contribution >= 0.6 is 0 Å². The van der Waals surface area contributed by atoms with Crippen molar-refractivity contribution in [3.05, 3.63) is 23.5 Å². The largest absolute Gasteiger partial charge is 0.505 e. The van der Waals surface area contributed by atoms with Crippen molar-refractivity contribution < 1.29 is 28.9 Å². The Bertz CT molecular complexity index is 404. The lowest BCUT2D eigenvalue weighted by Gasteiger charge is -2.13. The molecule has 0 aliphatic heterocycles. The van der Waals surface area contributed by atoms with Crippen LogP contribution in [0, 0.1) is 5.82 Å². The predicted octanol–water partition coefficient (Wildman–Crippen LogP) is 0.746. The molecule has 1 aromatic carbocycles. The number of hydrogen-bond donors (Lipinski definition) is 2. The minimum atomic E-state index is -1.63. The number of carbonyl (C=O) groups excluding carboxylic acids is 1. The van der Waals surface area contributed by atoms with Crippen LogP contribution in [-0.2, 0) is 9.53 Å². The number of aliphatic hydroxyl groups is 1. The molecule has 88 valence electrons. The molecule has 1 aromatic rings. The minimum absolute atomic E-state index is 0.0480. The first-order chi connectivity index (χ1) is 7.51. The predicted molar refractivity (Wildman–Crippen MR) is 51.6 cm³/mol. The highest BCUT2D eigenvalue weighted by molar-refractivity contribution is 5.77. The summed E-state index contributed by atoms with van der Waals surface area (Å²) < 4.78 is 22.1. The molecule has 0 saturated heterocycles. The van der Waals surface area contributed by atoms with Crippen LogP contribution in [0.5, 0.6) is 11.5 Å². The first-order valence-electron chi connectivity index (χ1n) is 4.33. The van der Waals surface area contributed by atoms with E-state index in [1.165, 1.54) is 7.11 Å². The smallest absolute Gasteiger partial charge is 0.339 e. The minimum Gasteiger partial charge on any atom is -0.505 e. The van der Waals surface area contributed by atoms with E-state index in [1.54, 1.807) is 0 Å². The molecule has 0 radical (unpaired) electrons. The van der Waals surface area contributed by atoms with Gasteiger partial charge in [0, 0.05) is 11.6 Å². The molecule has 16 heavy (non-hydrogen) atoms. The van der Waals surface area contributed by atoms with Crippen LogP contribution in [0.4, 0.5) is 4.39 Å². The molecule has 0 spiro atoms. The number of ether oxygens (including phenoxy) is 2. The SMILES string of the molecule is COC(=O)C(O)c1cc(O)c(F)cc1OC. The fraction of sp³-hybridized carbons (Fsp3) is 0.300. The first kappa shape index (κ1) is 12.3. The van der Waals surface area contributed by atoms with Gasteiger partial charge in [0.25, 0.3) is 0 Å². The Kier molecular flexibility index (Phi) is 3.68. The van der Waals surface area contributed by atoms with Crippen LogP contribution in [0.1, 0.15) is 11.7 Å². The summed E-state index contributed by atoms with van der Waals surface area (Å²) in [7, 11) is 2.35. The molecule has 0 amide bonds. The van der Waals surface area contributed by atoms with E-state index in [4.69, 9.17) is 9.84 Å². The molecule has 1 unspecified atom stereocenters. The van der Waals surface area contributed by atoms with E-state index in [9.17, 15) is 14.3 Å².